The van der Waals surface area contributed by atoms with Crippen LogP contribution in [0.4, 0.5) is 0 Å². The molecule has 0 saturated heterocycles. The number of nitrogens with zero attached hydrogens (tertiary/aromatic N) is 1. The summed E-state index contributed by atoms with van der Waals surface area (Å²) in [5, 5.41) is 17.4. The lowest BCUT2D eigenvalue weighted by atomic mass is 10.4. The topological polar surface area (TPSA) is 77.8 Å². The van der Waals surface area contributed by atoms with Gasteiger partial charge in [-0.15, -0.1) is 0 Å². The van der Waals surface area contributed by atoms with Crippen molar-refractivity contribution in [1.82, 2.24) is 4.90 Å². The van der Waals surface area contributed by atoms with Gasteiger partial charge in [-0.25, -0.2) is 8.42 Å². The first kappa shape index (κ1) is 13.8. The van der Waals surface area contributed by atoms with Gasteiger partial charge in [-0.2, -0.15) is 0 Å². The lowest BCUT2D eigenvalue weighted by molar-refractivity contribution is 0.161. The first-order chi connectivity index (χ1) is 6.49. The summed E-state index contributed by atoms with van der Waals surface area (Å²) in [5.74, 6) is 0.153. The van der Waals surface area contributed by atoms with E-state index in [1.165, 1.54) is 6.26 Å². The molecule has 0 unspecified atom stereocenters. The second-order valence-corrected chi connectivity index (χ2v) is 5.53. The van der Waals surface area contributed by atoms with Gasteiger partial charge >= 0.3 is 0 Å². The normalized spacial score (nSPS) is 12.3. The zero-order valence-electron chi connectivity index (χ0n) is 8.52. The fourth-order valence-electron chi connectivity index (χ4n) is 1.17. The highest BCUT2D eigenvalue weighted by Crippen LogP contribution is 1.94. The minimum Gasteiger partial charge on any atom is -0.395 e. The predicted octanol–water partition coefficient (Wildman–Crippen LogP) is -1.29. The Morgan fingerprint density at radius 2 is 1.57 bits per heavy atom. The van der Waals surface area contributed by atoms with E-state index >= 15 is 0 Å². The van der Waals surface area contributed by atoms with E-state index in [0.717, 1.165) is 0 Å². The highest BCUT2D eigenvalue weighted by Gasteiger charge is 2.06. The molecule has 14 heavy (non-hydrogen) atoms. The molecule has 0 atom stereocenters. The van der Waals surface area contributed by atoms with Crippen LogP contribution in [0, 0.1) is 0 Å². The molecule has 0 bridgehead atoms. The average molecular weight is 225 g/mol. The molecule has 0 heterocycles. The van der Waals surface area contributed by atoms with Crippen LogP contribution in [0.5, 0.6) is 0 Å². The van der Waals surface area contributed by atoms with Crippen molar-refractivity contribution in [2.45, 2.75) is 6.42 Å². The lowest BCUT2D eigenvalue weighted by Crippen LogP contribution is -2.31. The van der Waals surface area contributed by atoms with Crippen molar-refractivity contribution in [1.29, 1.82) is 0 Å². The number of aliphatic hydroxyl groups is 2. The van der Waals surface area contributed by atoms with Crippen LogP contribution in [0.25, 0.3) is 0 Å². The third-order valence-corrected chi connectivity index (χ3v) is 2.85. The first-order valence-corrected chi connectivity index (χ1v) is 6.67. The molecule has 0 aromatic rings. The fourth-order valence-corrected chi connectivity index (χ4v) is 1.82. The minimum atomic E-state index is -2.90. The molecule has 5 nitrogen and oxygen atoms in total. The standard InChI is InChI=1S/C8H19NO4S/c1-14(12,13)8-2-3-9(4-6-10)5-7-11/h10-11H,2-8H2,1H3. The van der Waals surface area contributed by atoms with Crippen LogP contribution >= 0.6 is 0 Å². The van der Waals surface area contributed by atoms with Gasteiger partial charge < -0.3 is 10.2 Å². The van der Waals surface area contributed by atoms with Crippen molar-refractivity contribution in [3.8, 4) is 0 Å². The summed E-state index contributed by atoms with van der Waals surface area (Å²) < 4.78 is 21.6. The maximum Gasteiger partial charge on any atom is 0.147 e. The van der Waals surface area contributed by atoms with Gasteiger partial charge in [-0.05, 0) is 13.0 Å². The Morgan fingerprint density at radius 1 is 1.07 bits per heavy atom. The van der Waals surface area contributed by atoms with Crippen molar-refractivity contribution in [3.63, 3.8) is 0 Å². The molecule has 0 aliphatic heterocycles. The summed E-state index contributed by atoms with van der Waals surface area (Å²) >= 11 is 0. The largest absolute Gasteiger partial charge is 0.395 e. The summed E-state index contributed by atoms with van der Waals surface area (Å²) in [5.41, 5.74) is 0. The summed E-state index contributed by atoms with van der Waals surface area (Å²) in [6, 6.07) is 0. The van der Waals surface area contributed by atoms with E-state index in [-0.39, 0.29) is 19.0 Å². The van der Waals surface area contributed by atoms with Crippen LogP contribution in [0.1, 0.15) is 6.42 Å². The van der Waals surface area contributed by atoms with Gasteiger partial charge in [0.15, 0.2) is 0 Å². The average Bonchev–Trinajstić information content (AvgIpc) is 2.02. The Hall–Kier alpha value is -0.170. The molecule has 0 aromatic heterocycles. The fraction of sp³-hybridized carbons (Fsp3) is 1.00. The van der Waals surface area contributed by atoms with Crippen LogP contribution in [-0.2, 0) is 9.84 Å². The highest BCUT2D eigenvalue weighted by molar-refractivity contribution is 7.90. The van der Waals surface area contributed by atoms with Crippen LogP contribution in [0.3, 0.4) is 0 Å². The van der Waals surface area contributed by atoms with Crippen molar-refractivity contribution in [2.75, 3.05) is 44.9 Å². The summed E-state index contributed by atoms with van der Waals surface area (Å²) in [4.78, 5) is 1.84. The monoisotopic (exact) mass is 225 g/mol. The van der Waals surface area contributed by atoms with Gasteiger partial charge in [0, 0.05) is 19.3 Å². The maximum atomic E-state index is 10.8. The Kier molecular flexibility index (Phi) is 7.08. The molecule has 0 saturated carbocycles. The lowest BCUT2D eigenvalue weighted by Gasteiger charge is -2.19. The molecule has 0 rings (SSSR count). The van der Waals surface area contributed by atoms with E-state index in [0.29, 0.717) is 26.1 Å². The molecule has 6 heteroatoms. The third-order valence-electron chi connectivity index (χ3n) is 1.82. The van der Waals surface area contributed by atoms with Crippen LogP contribution in [-0.4, -0.2) is 68.4 Å². The van der Waals surface area contributed by atoms with Crippen molar-refractivity contribution in [3.05, 3.63) is 0 Å². The van der Waals surface area contributed by atoms with E-state index in [1.807, 2.05) is 4.90 Å². The van der Waals surface area contributed by atoms with E-state index in [2.05, 4.69) is 0 Å². The smallest absolute Gasteiger partial charge is 0.147 e. The number of hydrogen-bond acceptors (Lipinski definition) is 5. The van der Waals surface area contributed by atoms with E-state index in [4.69, 9.17) is 10.2 Å². The Bertz CT molecular complexity index is 221. The van der Waals surface area contributed by atoms with Gasteiger partial charge in [-0.3, -0.25) is 4.90 Å². The Morgan fingerprint density at radius 3 is 1.93 bits per heavy atom. The molecule has 0 amide bonds. The molecular weight excluding hydrogens is 206 g/mol. The van der Waals surface area contributed by atoms with Gasteiger partial charge in [0.2, 0.25) is 0 Å². The highest BCUT2D eigenvalue weighted by atomic mass is 32.2. The van der Waals surface area contributed by atoms with Crippen LogP contribution < -0.4 is 0 Å². The SMILES string of the molecule is CS(=O)(=O)CCCN(CCO)CCO. The van der Waals surface area contributed by atoms with Crippen molar-refractivity contribution in [2.24, 2.45) is 0 Å². The molecule has 0 radical (unpaired) electrons. The van der Waals surface area contributed by atoms with Gasteiger partial charge in [0.1, 0.15) is 9.84 Å². The van der Waals surface area contributed by atoms with Crippen LogP contribution in [0.2, 0.25) is 0 Å². The van der Waals surface area contributed by atoms with Crippen molar-refractivity contribution < 1.29 is 18.6 Å². The summed E-state index contributed by atoms with van der Waals surface area (Å²) in [7, 11) is -2.90. The van der Waals surface area contributed by atoms with Gasteiger partial charge in [-0.1, -0.05) is 0 Å². The first-order valence-electron chi connectivity index (χ1n) is 4.61. The second kappa shape index (κ2) is 7.17. The molecular formula is C8H19NO4S. The number of aliphatic hydroxyl groups excluding tert-OH is 2. The number of hydrogen-bond donors (Lipinski definition) is 2. The Labute approximate surface area is 85.3 Å². The van der Waals surface area contributed by atoms with E-state index in [1.54, 1.807) is 0 Å². The molecule has 0 spiro atoms. The Balaban J connectivity index is 3.70. The quantitative estimate of drug-likeness (QED) is 0.537. The molecule has 0 aliphatic rings. The molecule has 2 N–H and O–H groups in total. The number of rotatable bonds is 8. The third kappa shape index (κ3) is 8.43. The molecule has 0 fully saturated rings. The maximum absolute atomic E-state index is 10.8. The van der Waals surface area contributed by atoms with Gasteiger partial charge in [0.05, 0.1) is 19.0 Å². The predicted molar refractivity (Wildman–Crippen MR) is 54.9 cm³/mol. The zero-order chi connectivity index (χ0) is 11.0. The second-order valence-electron chi connectivity index (χ2n) is 3.27. The van der Waals surface area contributed by atoms with E-state index < -0.39 is 9.84 Å². The summed E-state index contributed by atoms with van der Waals surface area (Å²) in [6.07, 6.45) is 1.74. The molecule has 0 aromatic carbocycles. The molecule has 86 valence electrons. The van der Waals surface area contributed by atoms with Crippen LogP contribution in [0.15, 0.2) is 0 Å². The van der Waals surface area contributed by atoms with E-state index in [9.17, 15) is 8.42 Å². The van der Waals surface area contributed by atoms with Gasteiger partial charge in [0.25, 0.3) is 0 Å². The number of sulfone groups is 1. The van der Waals surface area contributed by atoms with Crippen molar-refractivity contribution >= 4 is 9.84 Å². The zero-order valence-corrected chi connectivity index (χ0v) is 9.33. The molecule has 0 aliphatic carbocycles. The summed E-state index contributed by atoms with van der Waals surface area (Å²) in [6.45, 7) is 1.60. The minimum absolute atomic E-state index is 0.0267.